The third kappa shape index (κ3) is 23.8. The Balaban J connectivity index is 0.000000481. The van der Waals surface area contributed by atoms with Gasteiger partial charge >= 0.3 is 23.9 Å². The van der Waals surface area contributed by atoms with Gasteiger partial charge in [-0.1, -0.05) is 160 Å². The average Bonchev–Trinajstić information content (AvgIpc) is 3.34. The molecule has 0 aromatic heterocycles. The van der Waals surface area contributed by atoms with Crippen LogP contribution in [0.15, 0.2) is 72.8 Å². The molecule has 12 heteroatoms. The Bertz CT molecular complexity index is 2250. The molecule has 72 heavy (non-hydrogen) atoms. The number of carbonyl (C=O) groups excluding carboxylic acids is 4. The minimum Gasteiger partial charge on any atom is -0.462 e. The first-order chi connectivity index (χ1) is 34.0. The van der Waals surface area contributed by atoms with E-state index in [1.165, 1.54) is 30.3 Å². The predicted octanol–water partition coefficient (Wildman–Crippen LogP) is 16.9. The second-order valence-electron chi connectivity index (χ2n) is 19.5. The minimum absolute atomic E-state index is 0.00931. The number of halogens is 4. The zero-order valence-corrected chi connectivity index (χ0v) is 45.7. The highest BCUT2D eigenvalue weighted by Crippen LogP contribution is 2.23. The van der Waals surface area contributed by atoms with E-state index in [4.69, 9.17) is 18.9 Å². The third-order valence-corrected chi connectivity index (χ3v) is 11.6. The quantitative estimate of drug-likeness (QED) is 0.0332. The van der Waals surface area contributed by atoms with Crippen molar-refractivity contribution >= 4 is 23.9 Å². The first kappa shape index (κ1) is 64.5. The van der Waals surface area contributed by atoms with Gasteiger partial charge in [0.15, 0.2) is 0 Å². The summed E-state index contributed by atoms with van der Waals surface area (Å²) in [5, 5.41) is 0. The van der Waals surface area contributed by atoms with Crippen molar-refractivity contribution in [2.45, 2.75) is 172 Å². The van der Waals surface area contributed by atoms with Crippen LogP contribution in [0.3, 0.4) is 0 Å². The molecule has 4 rings (SSSR count). The Labute approximate surface area is 429 Å². The van der Waals surface area contributed by atoms with Gasteiger partial charge in [-0.05, 0) is 119 Å². The number of rotatable bonds is 22. The Morgan fingerprint density at radius 2 is 0.736 bits per heavy atom. The summed E-state index contributed by atoms with van der Waals surface area (Å²) in [5.74, 6) is -2.72. The van der Waals surface area contributed by atoms with Gasteiger partial charge in [-0.3, -0.25) is 0 Å². The summed E-state index contributed by atoms with van der Waals surface area (Å²) in [4.78, 5) is 47.0. The molecule has 0 unspecified atom stereocenters. The number of benzene rings is 4. The van der Waals surface area contributed by atoms with Crippen molar-refractivity contribution < 1.29 is 55.7 Å². The minimum atomic E-state index is -0.591. The van der Waals surface area contributed by atoms with Crippen LogP contribution < -0.4 is 0 Å². The van der Waals surface area contributed by atoms with E-state index in [1.807, 2.05) is 76.2 Å². The molecule has 0 aliphatic rings. The highest BCUT2D eigenvalue weighted by atomic mass is 19.1. The van der Waals surface area contributed by atoms with Crippen LogP contribution in [-0.4, -0.2) is 50.3 Å². The molecule has 4 aromatic rings. The van der Waals surface area contributed by atoms with Gasteiger partial charge in [-0.25, -0.2) is 36.7 Å². The van der Waals surface area contributed by atoms with Gasteiger partial charge in [0, 0.05) is 0 Å². The van der Waals surface area contributed by atoms with Gasteiger partial charge in [0.2, 0.25) is 0 Å². The lowest BCUT2D eigenvalue weighted by Gasteiger charge is -2.13. The highest BCUT2D eigenvalue weighted by Gasteiger charge is 2.19. The molecule has 0 N–H and O–H groups in total. The van der Waals surface area contributed by atoms with Crippen molar-refractivity contribution in [3.63, 3.8) is 0 Å². The number of unbranched alkanes of at least 4 members (excludes halogenated alkanes) is 4. The largest absolute Gasteiger partial charge is 0.462 e. The topological polar surface area (TPSA) is 105 Å². The molecule has 0 spiro atoms. The van der Waals surface area contributed by atoms with E-state index < -0.39 is 47.1 Å². The first-order valence-electron chi connectivity index (χ1n) is 25.9. The number of hydrogen-bond donors (Lipinski definition) is 0. The summed E-state index contributed by atoms with van der Waals surface area (Å²) in [6, 6.07) is 18.5. The molecule has 400 valence electrons. The summed E-state index contributed by atoms with van der Waals surface area (Å²) in [6.45, 7) is 29.5. The summed E-state index contributed by atoms with van der Waals surface area (Å²) in [5.41, 5.74) is 3.83. The summed E-state index contributed by atoms with van der Waals surface area (Å²) < 4.78 is 74.8. The van der Waals surface area contributed by atoms with Gasteiger partial charge in [0.1, 0.15) is 23.3 Å². The molecular weight excluding hydrogens is 925 g/mol. The highest BCUT2D eigenvalue weighted by molar-refractivity contribution is 5.91. The number of ether oxygens (including phenoxy) is 4. The van der Waals surface area contributed by atoms with Gasteiger partial charge in [0.05, 0.1) is 48.7 Å². The lowest BCUT2D eigenvalue weighted by molar-refractivity contribution is 0.0424. The van der Waals surface area contributed by atoms with Crippen LogP contribution in [0.4, 0.5) is 17.6 Å². The molecule has 4 aromatic carbocycles. The second-order valence-corrected chi connectivity index (χ2v) is 19.5. The van der Waals surface area contributed by atoms with E-state index in [0.717, 1.165) is 73.6 Å². The molecule has 0 bridgehead atoms. The maximum absolute atomic E-state index is 13.7. The fraction of sp³-hybridized carbons (Fsp3) is 0.533. The molecule has 0 atom stereocenters. The Morgan fingerprint density at radius 3 is 1.10 bits per heavy atom. The fourth-order valence-corrected chi connectivity index (χ4v) is 6.51. The fourth-order valence-electron chi connectivity index (χ4n) is 6.51. The lowest BCUT2D eigenvalue weighted by atomic mass is 10.0. The molecule has 8 nitrogen and oxygen atoms in total. The number of carbonyl (C=O) groups is 4. The van der Waals surface area contributed by atoms with Crippen LogP contribution in [-0.2, 0) is 18.9 Å². The van der Waals surface area contributed by atoms with E-state index in [1.54, 1.807) is 42.5 Å². The summed E-state index contributed by atoms with van der Waals surface area (Å²) in [7, 11) is 0. The molecule has 0 radical (unpaired) electrons. The van der Waals surface area contributed by atoms with E-state index in [0.29, 0.717) is 32.3 Å². The van der Waals surface area contributed by atoms with Crippen LogP contribution in [0.5, 0.6) is 0 Å². The van der Waals surface area contributed by atoms with E-state index in [-0.39, 0.29) is 51.8 Å². The standard InChI is InChI=1S/2C16H23FO2.2C14H19FO2/c1-5-12(6-2)10-19-16(18)14-9-13(11(3)4)7-8-15(14)17;1-4-5-6-7-10-19-16(18)14-11-13(12(2)3)8-9-15(14)17;1-9(2)8-17-14(16)12-6-5-11(10(3)4)7-13(12)15;1-4-5-8-17-14(16)12-9-11(10(2)3)6-7-13(12)15/h7-9,11-12H,5-6,10H2,1-4H3;8-9,11-12H,4-7,10H2,1-3H3;5-7,9-10H,8H2,1-4H3;6-7,9-10H,4-5,8H2,1-3H3. The molecule has 0 saturated heterocycles. The van der Waals surface area contributed by atoms with Crippen molar-refractivity contribution in [2.24, 2.45) is 11.8 Å². The average molecular weight is 1010 g/mol. The lowest BCUT2D eigenvalue weighted by Crippen LogP contribution is -2.14. The zero-order valence-electron chi connectivity index (χ0n) is 45.7. The van der Waals surface area contributed by atoms with Crippen molar-refractivity contribution in [3.05, 3.63) is 141 Å². The van der Waals surface area contributed by atoms with Crippen LogP contribution in [0.2, 0.25) is 0 Å². The monoisotopic (exact) mass is 1010 g/mol. The van der Waals surface area contributed by atoms with Crippen molar-refractivity contribution in [2.75, 3.05) is 26.4 Å². The van der Waals surface area contributed by atoms with Crippen LogP contribution >= 0.6 is 0 Å². The molecule has 0 amide bonds. The maximum atomic E-state index is 13.7. The van der Waals surface area contributed by atoms with E-state index in [9.17, 15) is 36.7 Å². The zero-order chi connectivity index (χ0) is 54.5. The molecule has 0 fully saturated rings. The van der Waals surface area contributed by atoms with Crippen LogP contribution in [0, 0.1) is 35.1 Å². The van der Waals surface area contributed by atoms with Crippen LogP contribution in [0.1, 0.15) is 236 Å². The molecule has 0 aliphatic heterocycles. The summed E-state index contributed by atoms with van der Waals surface area (Å²) >= 11 is 0. The van der Waals surface area contributed by atoms with Crippen molar-refractivity contribution in [1.29, 1.82) is 0 Å². The molecule has 0 saturated carbocycles. The Morgan fingerprint density at radius 1 is 0.389 bits per heavy atom. The Hall–Kier alpha value is -5.52. The normalized spacial score (nSPS) is 10.9. The third-order valence-electron chi connectivity index (χ3n) is 11.6. The Kier molecular flexibility index (Phi) is 31.2. The summed E-state index contributed by atoms with van der Waals surface area (Å²) in [6.07, 6.45) is 7.81. The maximum Gasteiger partial charge on any atom is 0.341 e. The second kappa shape index (κ2) is 34.8. The van der Waals surface area contributed by atoms with Crippen molar-refractivity contribution in [1.82, 2.24) is 0 Å². The SMILES string of the molecule is CC(C)COC(=O)c1ccc(C(C)C)cc1F.CCC(CC)COC(=O)c1cc(C(C)C)ccc1F.CCCCCCOC(=O)c1cc(C(C)C)ccc1F.CCCCOC(=O)c1cc(C(C)C)ccc1F. The van der Waals surface area contributed by atoms with Gasteiger partial charge in [-0.2, -0.15) is 0 Å². The van der Waals surface area contributed by atoms with E-state index >= 15 is 0 Å². The number of esters is 4. The van der Waals surface area contributed by atoms with Crippen molar-refractivity contribution in [3.8, 4) is 0 Å². The predicted molar refractivity (Wildman–Crippen MR) is 281 cm³/mol. The van der Waals surface area contributed by atoms with Gasteiger partial charge in [0.25, 0.3) is 0 Å². The smallest absolute Gasteiger partial charge is 0.341 e. The van der Waals surface area contributed by atoms with Gasteiger partial charge in [-0.15, -0.1) is 0 Å². The number of hydrogen-bond acceptors (Lipinski definition) is 8. The van der Waals surface area contributed by atoms with Crippen LogP contribution in [0.25, 0.3) is 0 Å². The molecule has 0 aliphatic carbocycles. The first-order valence-corrected chi connectivity index (χ1v) is 25.9. The van der Waals surface area contributed by atoms with E-state index in [2.05, 4.69) is 20.8 Å². The molecular formula is C60H84F4O8. The molecule has 0 heterocycles. The van der Waals surface area contributed by atoms with Gasteiger partial charge < -0.3 is 18.9 Å².